The lowest BCUT2D eigenvalue weighted by atomic mass is 10.1. The highest BCUT2D eigenvalue weighted by molar-refractivity contribution is 5.69. The van der Waals surface area contributed by atoms with Crippen LogP contribution in [0.5, 0.6) is 0 Å². The molecule has 1 aliphatic heterocycles. The fourth-order valence-electron chi connectivity index (χ4n) is 2.71. The van der Waals surface area contributed by atoms with E-state index >= 15 is 0 Å². The van der Waals surface area contributed by atoms with Crippen molar-refractivity contribution in [1.82, 2.24) is 15.0 Å². The van der Waals surface area contributed by atoms with Crippen molar-refractivity contribution in [2.45, 2.75) is 25.7 Å². The van der Waals surface area contributed by atoms with Crippen LogP contribution >= 0.6 is 0 Å². The predicted molar refractivity (Wildman–Crippen MR) is 78.8 cm³/mol. The Morgan fingerprint density at radius 3 is 2.43 bits per heavy atom. The Morgan fingerprint density at radius 2 is 1.76 bits per heavy atom. The highest BCUT2D eigenvalue weighted by atomic mass is 16.4. The van der Waals surface area contributed by atoms with Crippen LogP contribution in [0.15, 0.2) is 30.5 Å². The minimum absolute atomic E-state index is 0.0825. The van der Waals surface area contributed by atoms with Gasteiger partial charge in [-0.15, -0.1) is 5.10 Å². The first kappa shape index (κ1) is 13.6. The number of piperidine rings is 1. The van der Waals surface area contributed by atoms with Gasteiger partial charge in [0.25, 0.3) is 0 Å². The minimum atomic E-state index is -0.886. The molecule has 1 aliphatic rings. The molecule has 0 aliphatic carbocycles. The molecule has 6 nitrogen and oxygen atoms in total. The van der Waals surface area contributed by atoms with Crippen LogP contribution in [0, 0.1) is 0 Å². The summed E-state index contributed by atoms with van der Waals surface area (Å²) in [6.45, 7) is 2.21. The third kappa shape index (κ3) is 3.04. The molecule has 0 spiro atoms. The van der Waals surface area contributed by atoms with Crippen LogP contribution in [0.2, 0.25) is 0 Å². The van der Waals surface area contributed by atoms with E-state index in [9.17, 15) is 4.79 Å². The number of aliphatic carboxylic acids is 1. The minimum Gasteiger partial charge on any atom is -0.481 e. The van der Waals surface area contributed by atoms with Gasteiger partial charge in [-0.1, -0.05) is 5.21 Å². The second-order valence-corrected chi connectivity index (χ2v) is 5.27. The van der Waals surface area contributed by atoms with Crippen LogP contribution in [0.1, 0.15) is 25.0 Å². The van der Waals surface area contributed by atoms with E-state index in [1.54, 1.807) is 4.68 Å². The number of hydrogen-bond acceptors (Lipinski definition) is 4. The quantitative estimate of drug-likeness (QED) is 0.929. The average molecular weight is 286 g/mol. The highest BCUT2D eigenvalue weighted by Crippen LogP contribution is 2.21. The van der Waals surface area contributed by atoms with Gasteiger partial charge in [-0.2, -0.15) is 0 Å². The smallest absolute Gasteiger partial charge is 0.309 e. The van der Waals surface area contributed by atoms with Crippen LogP contribution in [-0.2, 0) is 11.2 Å². The fraction of sp³-hybridized carbons (Fsp3) is 0.400. The molecule has 21 heavy (non-hydrogen) atoms. The van der Waals surface area contributed by atoms with Crippen LogP contribution < -0.4 is 4.90 Å². The summed E-state index contributed by atoms with van der Waals surface area (Å²) in [5, 5.41) is 16.7. The van der Waals surface area contributed by atoms with Crippen LogP contribution in [-0.4, -0.2) is 39.2 Å². The maximum absolute atomic E-state index is 10.8. The molecule has 1 N–H and O–H groups in total. The SMILES string of the molecule is O=C(O)Cc1cnnn1-c1ccc(N2CCCCC2)cc1. The molecule has 3 rings (SSSR count). The molecule has 0 unspecified atom stereocenters. The largest absolute Gasteiger partial charge is 0.481 e. The highest BCUT2D eigenvalue weighted by Gasteiger charge is 2.13. The Balaban J connectivity index is 1.80. The number of carbonyl (C=O) groups is 1. The van der Waals surface area contributed by atoms with E-state index in [1.807, 2.05) is 12.1 Å². The zero-order valence-electron chi connectivity index (χ0n) is 11.8. The molecule has 0 atom stereocenters. The molecule has 1 aromatic carbocycles. The van der Waals surface area contributed by atoms with Crippen LogP contribution in [0.3, 0.4) is 0 Å². The number of rotatable bonds is 4. The number of nitrogens with zero attached hydrogens (tertiary/aromatic N) is 4. The maximum Gasteiger partial charge on any atom is 0.309 e. The van der Waals surface area contributed by atoms with Crippen molar-refractivity contribution in [2.24, 2.45) is 0 Å². The number of carboxylic acid groups (broad SMARTS) is 1. The summed E-state index contributed by atoms with van der Waals surface area (Å²) in [7, 11) is 0. The molecule has 1 fully saturated rings. The Labute approximate surface area is 123 Å². The molecular weight excluding hydrogens is 268 g/mol. The number of carboxylic acids is 1. The van der Waals surface area contributed by atoms with Crippen molar-refractivity contribution >= 4 is 11.7 Å². The van der Waals surface area contributed by atoms with Gasteiger partial charge in [0.1, 0.15) is 0 Å². The van der Waals surface area contributed by atoms with Crippen LogP contribution in [0.4, 0.5) is 5.69 Å². The average Bonchev–Trinajstić information content (AvgIpc) is 2.96. The van der Waals surface area contributed by atoms with Crippen molar-refractivity contribution in [2.75, 3.05) is 18.0 Å². The summed E-state index contributed by atoms with van der Waals surface area (Å²) >= 11 is 0. The Kier molecular flexibility index (Phi) is 3.85. The predicted octanol–water partition coefficient (Wildman–Crippen LogP) is 1.88. The van der Waals surface area contributed by atoms with Gasteiger partial charge in [0.05, 0.1) is 24.0 Å². The van der Waals surface area contributed by atoms with Gasteiger partial charge in [-0.25, -0.2) is 4.68 Å². The Bertz CT molecular complexity index is 615. The molecule has 0 amide bonds. The molecule has 110 valence electrons. The summed E-state index contributed by atoms with van der Waals surface area (Å²) in [4.78, 5) is 13.2. The first-order chi connectivity index (χ1) is 10.2. The zero-order valence-corrected chi connectivity index (χ0v) is 11.8. The second-order valence-electron chi connectivity index (χ2n) is 5.27. The summed E-state index contributed by atoms with van der Waals surface area (Å²) in [6.07, 6.45) is 5.21. The summed E-state index contributed by atoms with van der Waals surface area (Å²) in [6, 6.07) is 8.05. The molecule has 0 saturated carbocycles. The molecule has 0 radical (unpaired) electrons. The molecule has 2 aromatic rings. The normalized spacial score (nSPS) is 15.1. The standard InChI is InChI=1S/C15H18N4O2/c20-15(21)10-14-11-16-17-19(14)13-6-4-12(5-7-13)18-8-2-1-3-9-18/h4-7,11H,1-3,8-10H2,(H,20,21). The molecule has 2 heterocycles. The topological polar surface area (TPSA) is 71.2 Å². The van der Waals surface area contributed by atoms with Gasteiger partial charge in [-0.05, 0) is 43.5 Å². The molecule has 6 heteroatoms. The van der Waals surface area contributed by atoms with Crippen molar-refractivity contribution < 1.29 is 9.90 Å². The van der Waals surface area contributed by atoms with Gasteiger partial charge in [0.2, 0.25) is 0 Å². The summed E-state index contributed by atoms with van der Waals surface area (Å²) in [5.74, 6) is -0.886. The van der Waals surface area contributed by atoms with E-state index in [0.29, 0.717) is 5.69 Å². The summed E-state index contributed by atoms with van der Waals surface area (Å²) < 4.78 is 1.58. The third-order valence-electron chi connectivity index (χ3n) is 3.77. The zero-order chi connectivity index (χ0) is 14.7. The van der Waals surface area contributed by atoms with E-state index in [-0.39, 0.29) is 6.42 Å². The third-order valence-corrected chi connectivity index (χ3v) is 3.77. The van der Waals surface area contributed by atoms with Crippen LogP contribution in [0.25, 0.3) is 5.69 Å². The number of anilines is 1. The van der Waals surface area contributed by atoms with E-state index in [2.05, 4.69) is 27.3 Å². The monoisotopic (exact) mass is 286 g/mol. The van der Waals surface area contributed by atoms with Gasteiger partial charge in [0, 0.05) is 18.8 Å². The van der Waals surface area contributed by atoms with Gasteiger partial charge in [-0.3, -0.25) is 4.79 Å². The summed E-state index contributed by atoms with van der Waals surface area (Å²) in [5.41, 5.74) is 2.62. The molecule has 0 bridgehead atoms. The lowest BCUT2D eigenvalue weighted by Crippen LogP contribution is -2.29. The first-order valence-corrected chi connectivity index (χ1v) is 7.21. The Morgan fingerprint density at radius 1 is 1.10 bits per heavy atom. The van der Waals surface area contributed by atoms with Crippen molar-refractivity contribution in [3.05, 3.63) is 36.2 Å². The van der Waals surface area contributed by atoms with E-state index in [0.717, 1.165) is 18.8 Å². The number of aromatic nitrogens is 3. The van der Waals surface area contributed by atoms with Gasteiger partial charge in [0.15, 0.2) is 0 Å². The molecular formula is C15H18N4O2. The van der Waals surface area contributed by atoms with E-state index in [1.165, 1.54) is 31.1 Å². The maximum atomic E-state index is 10.8. The lowest BCUT2D eigenvalue weighted by Gasteiger charge is -2.28. The second kappa shape index (κ2) is 5.95. The lowest BCUT2D eigenvalue weighted by molar-refractivity contribution is -0.136. The van der Waals surface area contributed by atoms with Gasteiger partial charge < -0.3 is 10.0 Å². The van der Waals surface area contributed by atoms with Crippen molar-refractivity contribution in [3.63, 3.8) is 0 Å². The van der Waals surface area contributed by atoms with E-state index < -0.39 is 5.97 Å². The van der Waals surface area contributed by atoms with Crippen molar-refractivity contribution in [3.8, 4) is 5.69 Å². The molecule has 1 saturated heterocycles. The van der Waals surface area contributed by atoms with E-state index in [4.69, 9.17) is 5.11 Å². The fourth-order valence-corrected chi connectivity index (χ4v) is 2.71. The first-order valence-electron chi connectivity index (χ1n) is 7.21. The Hall–Kier alpha value is -2.37. The number of hydrogen-bond donors (Lipinski definition) is 1. The van der Waals surface area contributed by atoms with Gasteiger partial charge >= 0.3 is 5.97 Å². The van der Waals surface area contributed by atoms with Crippen molar-refractivity contribution in [1.29, 1.82) is 0 Å². The number of benzene rings is 1. The molecule has 1 aromatic heterocycles.